The first-order valence-corrected chi connectivity index (χ1v) is 4.08. The van der Waals surface area contributed by atoms with Crippen molar-refractivity contribution in [2.24, 2.45) is 11.5 Å². The number of aliphatic hydroxyl groups excluding tert-OH is 2. The summed E-state index contributed by atoms with van der Waals surface area (Å²) in [7, 11) is 0. The molecule has 0 aliphatic rings. The predicted molar refractivity (Wildman–Crippen MR) is 49.7 cm³/mol. The van der Waals surface area contributed by atoms with Gasteiger partial charge >= 0.3 is 0 Å². The second-order valence-electron chi connectivity index (χ2n) is 2.35. The molecule has 0 radical (unpaired) electrons. The van der Waals surface area contributed by atoms with E-state index in [0.29, 0.717) is 19.6 Å². The smallest absolute Gasteiger partial charge is 0.0634 e. The highest BCUT2D eigenvalue weighted by Gasteiger charge is 1.81. The minimum Gasteiger partial charge on any atom is -0.395 e. The average molecular weight is 179 g/mol. The first kappa shape index (κ1) is 14.3. The number of aliphatic hydroxyl groups is 2. The van der Waals surface area contributed by atoms with Crippen molar-refractivity contribution in [3.05, 3.63) is 0 Å². The Hall–Kier alpha value is -0.200. The van der Waals surface area contributed by atoms with Crippen LogP contribution >= 0.6 is 0 Å². The van der Waals surface area contributed by atoms with Crippen molar-refractivity contribution in [1.29, 1.82) is 0 Å². The maximum absolute atomic E-state index is 8.24. The molecular weight excluding hydrogens is 158 g/mol. The normalized spacial score (nSPS) is 11.8. The summed E-state index contributed by atoms with van der Waals surface area (Å²) in [6.07, 6.45) is -0.338. The van der Waals surface area contributed by atoms with E-state index in [2.05, 4.69) is 5.32 Å². The highest BCUT2D eigenvalue weighted by atomic mass is 16.3. The Bertz CT molecular complexity index is 67.7. The number of hydrogen-bond donors (Lipinski definition) is 5. The van der Waals surface area contributed by atoms with Gasteiger partial charge < -0.3 is 27.0 Å². The summed E-state index contributed by atoms with van der Waals surface area (Å²) in [6.45, 7) is 4.29. The molecular formula is C7H21N3O2. The molecule has 0 rings (SSSR count). The van der Waals surface area contributed by atoms with Gasteiger partial charge in [0.15, 0.2) is 0 Å². The molecule has 0 spiro atoms. The van der Waals surface area contributed by atoms with Crippen LogP contribution < -0.4 is 16.8 Å². The third-order valence-corrected chi connectivity index (χ3v) is 0.951. The lowest BCUT2D eigenvalue weighted by Crippen LogP contribution is -2.24. The SMILES string of the molecule is CC(O)CN.NCCNCCO. The lowest BCUT2D eigenvalue weighted by atomic mass is 10.4. The van der Waals surface area contributed by atoms with Gasteiger partial charge in [-0.05, 0) is 6.92 Å². The van der Waals surface area contributed by atoms with Gasteiger partial charge in [-0.25, -0.2) is 0 Å². The first-order chi connectivity index (χ1) is 5.68. The van der Waals surface area contributed by atoms with E-state index in [1.165, 1.54) is 0 Å². The molecule has 76 valence electrons. The predicted octanol–water partition coefficient (Wildman–Crippen LogP) is -2.15. The topological polar surface area (TPSA) is 105 Å². The first-order valence-electron chi connectivity index (χ1n) is 4.08. The Balaban J connectivity index is 0. The Labute approximate surface area is 73.8 Å². The van der Waals surface area contributed by atoms with Gasteiger partial charge in [-0.3, -0.25) is 0 Å². The quantitative estimate of drug-likeness (QED) is 0.310. The molecule has 12 heavy (non-hydrogen) atoms. The number of hydrogen-bond acceptors (Lipinski definition) is 5. The molecule has 0 fully saturated rings. The van der Waals surface area contributed by atoms with E-state index in [4.69, 9.17) is 21.7 Å². The van der Waals surface area contributed by atoms with Crippen LogP contribution in [0.25, 0.3) is 0 Å². The zero-order chi connectivity index (χ0) is 9.82. The molecule has 0 saturated carbocycles. The van der Waals surface area contributed by atoms with Gasteiger partial charge in [0.05, 0.1) is 12.7 Å². The summed E-state index contributed by atoms with van der Waals surface area (Å²) in [5, 5.41) is 19.3. The summed E-state index contributed by atoms with van der Waals surface area (Å²) >= 11 is 0. The van der Waals surface area contributed by atoms with Crippen molar-refractivity contribution in [1.82, 2.24) is 5.32 Å². The Morgan fingerprint density at radius 1 is 1.33 bits per heavy atom. The van der Waals surface area contributed by atoms with E-state index < -0.39 is 0 Å². The van der Waals surface area contributed by atoms with E-state index in [9.17, 15) is 0 Å². The molecule has 5 heteroatoms. The summed E-state index contributed by atoms with van der Waals surface area (Å²) in [4.78, 5) is 0. The molecule has 1 atom stereocenters. The molecule has 0 aliphatic carbocycles. The second kappa shape index (κ2) is 13.4. The molecule has 0 bridgehead atoms. The molecule has 5 nitrogen and oxygen atoms in total. The average Bonchev–Trinajstić information content (AvgIpc) is 2.07. The van der Waals surface area contributed by atoms with Crippen LogP contribution in [0.3, 0.4) is 0 Å². The van der Waals surface area contributed by atoms with E-state index in [1.807, 2.05) is 0 Å². The summed E-state index contributed by atoms with van der Waals surface area (Å²) in [5.41, 5.74) is 10.0. The summed E-state index contributed by atoms with van der Waals surface area (Å²) < 4.78 is 0. The van der Waals surface area contributed by atoms with Crippen molar-refractivity contribution < 1.29 is 10.2 Å². The third kappa shape index (κ3) is 22.6. The van der Waals surface area contributed by atoms with E-state index in [1.54, 1.807) is 6.92 Å². The summed E-state index contributed by atoms with van der Waals surface area (Å²) in [6, 6.07) is 0. The second-order valence-corrected chi connectivity index (χ2v) is 2.35. The molecule has 0 saturated heterocycles. The Kier molecular flexibility index (Phi) is 16.0. The van der Waals surface area contributed by atoms with Crippen molar-refractivity contribution in [2.45, 2.75) is 13.0 Å². The highest BCUT2D eigenvalue weighted by molar-refractivity contribution is 4.42. The fourth-order valence-corrected chi connectivity index (χ4v) is 0.306. The number of rotatable bonds is 5. The Morgan fingerprint density at radius 3 is 2.08 bits per heavy atom. The number of nitrogens with one attached hydrogen (secondary N) is 1. The lowest BCUT2D eigenvalue weighted by molar-refractivity contribution is 0.203. The van der Waals surface area contributed by atoms with Crippen LogP contribution in [-0.4, -0.2) is 49.1 Å². The molecule has 0 amide bonds. The Morgan fingerprint density at radius 2 is 1.83 bits per heavy atom. The lowest BCUT2D eigenvalue weighted by Gasteiger charge is -1.95. The fourth-order valence-electron chi connectivity index (χ4n) is 0.306. The van der Waals surface area contributed by atoms with Crippen LogP contribution in [0, 0.1) is 0 Å². The van der Waals surface area contributed by atoms with Gasteiger partial charge in [-0.15, -0.1) is 0 Å². The van der Waals surface area contributed by atoms with Gasteiger partial charge in [-0.1, -0.05) is 0 Å². The summed E-state index contributed by atoms with van der Waals surface area (Å²) in [5.74, 6) is 0. The number of nitrogens with two attached hydrogens (primary N) is 2. The van der Waals surface area contributed by atoms with E-state index >= 15 is 0 Å². The van der Waals surface area contributed by atoms with Crippen LogP contribution in [-0.2, 0) is 0 Å². The van der Waals surface area contributed by atoms with Crippen LogP contribution in [0.4, 0.5) is 0 Å². The molecule has 0 aromatic heterocycles. The monoisotopic (exact) mass is 179 g/mol. The molecule has 7 N–H and O–H groups in total. The molecule has 0 aromatic carbocycles. The molecule has 0 aliphatic heterocycles. The van der Waals surface area contributed by atoms with Crippen molar-refractivity contribution >= 4 is 0 Å². The van der Waals surface area contributed by atoms with Crippen molar-refractivity contribution in [3.63, 3.8) is 0 Å². The highest BCUT2D eigenvalue weighted by Crippen LogP contribution is 1.65. The van der Waals surface area contributed by atoms with Gasteiger partial charge in [0.2, 0.25) is 0 Å². The third-order valence-electron chi connectivity index (χ3n) is 0.951. The van der Waals surface area contributed by atoms with Gasteiger partial charge in [-0.2, -0.15) is 0 Å². The van der Waals surface area contributed by atoms with Crippen molar-refractivity contribution in [2.75, 3.05) is 32.8 Å². The van der Waals surface area contributed by atoms with Crippen LogP contribution in [0.1, 0.15) is 6.92 Å². The largest absolute Gasteiger partial charge is 0.395 e. The molecule has 1 unspecified atom stereocenters. The maximum atomic E-state index is 8.24. The van der Waals surface area contributed by atoms with Gasteiger partial charge in [0.1, 0.15) is 0 Å². The maximum Gasteiger partial charge on any atom is 0.0634 e. The van der Waals surface area contributed by atoms with Crippen molar-refractivity contribution in [3.8, 4) is 0 Å². The van der Waals surface area contributed by atoms with Gasteiger partial charge in [0.25, 0.3) is 0 Å². The minimum atomic E-state index is -0.338. The van der Waals surface area contributed by atoms with E-state index in [0.717, 1.165) is 6.54 Å². The molecule has 0 heterocycles. The van der Waals surface area contributed by atoms with Crippen LogP contribution in [0.2, 0.25) is 0 Å². The fraction of sp³-hybridized carbons (Fsp3) is 1.00. The van der Waals surface area contributed by atoms with Gasteiger partial charge in [0, 0.05) is 26.2 Å². The standard InChI is InChI=1S/C4H12N2O.C3H9NO/c5-1-2-6-3-4-7;1-3(5)2-4/h6-7H,1-5H2;3,5H,2,4H2,1H3. The minimum absolute atomic E-state index is 0.194. The van der Waals surface area contributed by atoms with Crippen LogP contribution in [0.15, 0.2) is 0 Å². The zero-order valence-electron chi connectivity index (χ0n) is 7.66. The zero-order valence-corrected chi connectivity index (χ0v) is 7.66. The van der Waals surface area contributed by atoms with Crippen LogP contribution in [0.5, 0.6) is 0 Å². The van der Waals surface area contributed by atoms with E-state index in [-0.39, 0.29) is 12.7 Å². The molecule has 0 aromatic rings.